The van der Waals surface area contributed by atoms with Gasteiger partial charge in [-0.3, -0.25) is 9.59 Å². The predicted octanol–water partition coefficient (Wildman–Crippen LogP) is 1.86. The summed E-state index contributed by atoms with van der Waals surface area (Å²) in [5, 5.41) is 15.4. The van der Waals surface area contributed by atoms with Gasteiger partial charge in [-0.1, -0.05) is 12.1 Å². The van der Waals surface area contributed by atoms with Gasteiger partial charge in [-0.15, -0.1) is 0 Å². The first kappa shape index (κ1) is 16.7. The van der Waals surface area contributed by atoms with Gasteiger partial charge in [0.1, 0.15) is 6.04 Å². The molecule has 0 bridgehead atoms. The molecule has 0 aliphatic carbocycles. The van der Waals surface area contributed by atoms with Crippen molar-refractivity contribution in [1.82, 2.24) is 5.32 Å². The zero-order valence-corrected chi connectivity index (χ0v) is 13.0. The molecule has 0 aliphatic heterocycles. The largest absolute Gasteiger partial charge is 0.480 e. The summed E-state index contributed by atoms with van der Waals surface area (Å²) >= 11 is 1.58. The quantitative estimate of drug-likeness (QED) is 0.719. The summed E-state index contributed by atoms with van der Waals surface area (Å²) in [6.45, 7) is 0. The average Bonchev–Trinajstić information content (AvgIpc) is 3.05. The van der Waals surface area contributed by atoms with Gasteiger partial charge in [-0.2, -0.15) is 11.3 Å². The number of amides is 2. The molecule has 0 fully saturated rings. The second-order valence-corrected chi connectivity index (χ2v) is 5.74. The maximum absolute atomic E-state index is 12.1. The molecule has 1 aromatic heterocycles. The molecule has 23 heavy (non-hydrogen) atoms. The van der Waals surface area contributed by atoms with Crippen molar-refractivity contribution >= 4 is 29.1 Å². The highest BCUT2D eigenvalue weighted by atomic mass is 32.1. The first-order chi connectivity index (χ1) is 11.0. The van der Waals surface area contributed by atoms with Gasteiger partial charge in [0.2, 0.25) is 5.91 Å². The van der Waals surface area contributed by atoms with Crippen LogP contribution in [0.15, 0.2) is 41.1 Å². The average molecular weight is 332 g/mol. The van der Waals surface area contributed by atoms with Crippen LogP contribution < -0.4 is 11.1 Å². The van der Waals surface area contributed by atoms with E-state index < -0.39 is 23.8 Å². The van der Waals surface area contributed by atoms with Gasteiger partial charge in [0.05, 0.1) is 0 Å². The molecule has 4 N–H and O–H groups in total. The Hall–Kier alpha value is -2.67. The standard InChI is InChI=1S/C16H16N2O4S/c17-14(19)6-5-13(16(21)22)18-15(20)11-3-1-10(2-4-11)12-7-8-23-9-12/h1-4,7-9,13H,5-6H2,(H2,17,19)(H,18,20)(H,21,22)/t13-/m0/s1. The number of nitrogens with two attached hydrogens (primary N) is 1. The minimum atomic E-state index is -1.20. The number of carbonyl (C=O) groups excluding carboxylic acids is 2. The van der Waals surface area contributed by atoms with Crippen molar-refractivity contribution in [2.24, 2.45) is 5.73 Å². The molecule has 6 nitrogen and oxygen atoms in total. The number of primary amides is 1. The van der Waals surface area contributed by atoms with E-state index in [9.17, 15) is 14.4 Å². The monoisotopic (exact) mass is 332 g/mol. The number of carbonyl (C=O) groups is 3. The summed E-state index contributed by atoms with van der Waals surface area (Å²) in [6.07, 6.45) is -0.141. The number of nitrogens with one attached hydrogen (secondary N) is 1. The normalized spacial score (nSPS) is 11.7. The molecule has 120 valence electrons. The molecule has 0 aliphatic rings. The summed E-state index contributed by atoms with van der Waals surface area (Å²) in [7, 11) is 0. The van der Waals surface area contributed by atoms with Gasteiger partial charge < -0.3 is 16.2 Å². The maximum atomic E-state index is 12.1. The van der Waals surface area contributed by atoms with Crippen molar-refractivity contribution in [3.05, 3.63) is 46.7 Å². The van der Waals surface area contributed by atoms with Crippen LogP contribution in [0.25, 0.3) is 11.1 Å². The Kier molecular flexibility index (Phi) is 5.48. The van der Waals surface area contributed by atoms with Gasteiger partial charge in [-0.25, -0.2) is 4.79 Å². The lowest BCUT2D eigenvalue weighted by molar-refractivity contribution is -0.139. The summed E-state index contributed by atoms with van der Waals surface area (Å²) in [5.74, 6) is -2.31. The van der Waals surface area contributed by atoms with Gasteiger partial charge in [-0.05, 0) is 46.5 Å². The number of aliphatic carboxylic acids is 1. The van der Waals surface area contributed by atoms with E-state index in [2.05, 4.69) is 5.32 Å². The van der Waals surface area contributed by atoms with Gasteiger partial charge in [0.15, 0.2) is 0 Å². The lowest BCUT2D eigenvalue weighted by Crippen LogP contribution is -2.41. The highest BCUT2D eigenvalue weighted by Crippen LogP contribution is 2.22. The summed E-state index contributed by atoms with van der Waals surface area (Å²) in [4.78, 5) is 34.0. The first-order valence-corrected chi connectivity index (χ1v) is 7.86. The van der Waals surface area contributed by atoms with Crippen LogP contribution in [0.1, 0.15) is 23.2 Å². The van der Waals surface area contributed by atoms with Crippen LogP contribution in [0.2, 0.25) is 0 Å². The molecule has 0 radical (unpaired) electrons. The number of hydrogen-bond donors (Lipinski definition) is 3. The Labute approximate surface area is 136 Å². The topological polar surface area (TPSA) is 109 Å². The van der Waals surface area contributed by atoms with E-state index in [1.54, 1.807) is 35.6 Å². The number of carboxylic acid groups (broad SMARTS) is 1. The molecule has 2 aromatic rings. The number of rotatable bonds is 7. The van der Waals surface area contributed by atoms with Crippen LogP contribution in [-0.2, 0) is 9.59 Å². The Bertz CT molecular complexity index is 695. The molecule has 0 saturated heterocycles. The summed E-state index contributed by atoms with van der Waals surface area (Å²) < 4.78 is 0. The molecule has 7 heteroatoms. The number of benzene rings is 1. The van der Waals surface area contributed by atoms with E-state index in [1.807, 2.05) is 16.8 Å². The van der Waals surface area contributed by atoms with Gasteiger partial charge in [0.25, 0.3) is 5.91 Å². The number of carboxylic acids is 1. The second-order valence-electron chi connectivity index (χ2n) is 4.96. The minimum absolute atomic E-state index is 0.0383. The molecule has 0 spiro atoms. The predicted molar refractivity (Wildman–Crippen MR) is 87.1 cm³/mol. The van der Waals surface area contributed by atoms with Crippen LogP contribution >= 0.6 is 11.3 Å². The van der Waals surface area contributed by atoms with Crippen LogP contribution in [-0.4, -0.2) is 28.9 Å². The summed E-state index contributed by atoms with van der Waals surface area (Å²) in [6, 6.07) is 7.70. The van der Waals surface area contributed by atoms with E-state index in [4.69, 9.17) is 10.8 Å². The van der Waals surface area contributed by atoms with Gasteiger partial charge in [0, 0.05) is 12.0 Å². The molecular formula is C16H16N2O4S. The molecule has 0 saturated carbocycles. The molecule has 0 unspecified atom stereocenters. The highest BCUT2D eigenvalue weighted by Gasteiger charge is 2.21. The van der Waals surface area contributed by atoms with Crippen molar-refractivity contribution in [3.8, 4) is 11.1 Å². The Morgan fingerprint density at radius 2 is 1.83 bits per heavy atom. The fraction of sp³-hybridized carbons (Fsp3) is 0.188. The first-order valence-electron chi connectivity index (χ1n) is 6.92. The highest BCUT2D eigenvalue weighted by molar-refractivity contribution is 7.08. The van der Waals surface area contributed by atoms with Crippen molar-refractivity contribution in [3.63, 3.8) is 0 Å². The van der Waals surface area contributed by atoms with Crippen molar-refractivity contribution in [2.75, 3.05) is 0 Å². The number of thiophene rings is 1. The molecule has 1 atom stereocenters. The van der Waals surface area contributed by atoms with Gasteiger partial charge >= 0.3 is 5.97 Å². The third-order valence-electron chi connectivity index (χ3n) is 3.28. The van der Waals surface area contributed by atoms with E-state index in [-0.39, 0.29) is 12.8 Å². The SMILES string of the molecule is NC(=O)CC[C@H](NC(=O)c1ccc(-c2ccsc2)cc1)C(=O)O. The lowest BCUT2D eigenvalue weighted by Gasteiger charge is -2.13. The van der Waals surface area contributed by atoms with Crippen LogP contribution in [0.3, 0.4) is 0 Å². The maximum Gasteiger partial charge on any atom is 0.326 e. The molecule has 1 aromatic carbocycles. The molecule has 1 heterocycles. The summed E-state index contributed by atoms with van der Waals surface area (Å²) in [5.41, 5.74) is 7.40. The molecule has 2 rings (SSSR count). The van der Waals surface area contributed by atoms with Crippen molar-refractivity contribution in [2.45, 2.75) is 18.9 Å². The van der Waals surface area contributed by atoms with E-state index in [0.29, 0.717) is 5.56 Å². The van der Waals surface area contributed by atoms with E-state index in [1.165, 1.54) is 0 Å². The second kappa shape index (κ2) is 7.55. The molecule has 2 amide bonds. The fourth-order valence-corrected chi connectivity index (χ4v) is 2.69. The smallest absolute Gasteiger partial charge is 0.326 e. The third-order valence-corrected chi connectivity index (χ3v) is 3.97. The Morgan fingerprint density at radius 1 is 1.13 bits per heavy atom. The minimum Gasteiger partial charge on any atom is -0.480 e. The lowest BCUT2D eigenvalue weighted by atomic mass is 10.1. The molecular weight excluding hydrogens is 316 g/mol. The van der Waals surface area contributed by atoms with Crippen LogP contribution in [0, 0.1) is 0 Å². The van der Waals surface area contributed by atoms with Crippen molar-refractivity contribution in [1.29, 1.82) is 0 Å². The van der Waals surface area contributed by atoms with E-state index in [0.717, 1.165) is 11.1 Å². The van der Waals surface area contributed by atoms with Crippen LogP contribution in [0.4, 0.5) is 0 Å². The Balaban J connectivity index is 2.04. The Morgan fingerprint density at radius 3 is 2.35 bits per heavy atom. The zero-order chi connectivity index (χ0) is 16.8. The fourth-order valence-electron chi connectivity index (χ4n) is 2.03. The van der Waals surface area contributed by atoms with Crippen LogP contribution in [0.5, 0.6) is 0 Å². The zero-order valence-electron chi connectivity index (χ0n) is 12.2. The van der Waals surface area contributed by atoms with Crippen molar-refractivity contribution < 1.29 is 19.5 Å². The third kappa shape index (κ3) is 4.65. The number of hydrogen-bond acceptors (Lipinski definition) is 4. The van der Waals surface area contributed by atoms with E-state index >= 15 is 0 Å².